The molecule has 0 aliphatic rings. The molecule has 0 spiro atoms. The molecule has 20 heavy (non-hydrogen) atoms. The average Bonchev–Trinajstić information content (AvgIpc) is 2.73. The van der Waals surface area contributed by atoms with Crippen LogP contribution in [-0.4, -0.2) is 26.3 Å². The Morgan fingerprint density at radius 1 is 1.35 bits per heavy atom. The van der Waals surface area contributed by atoms with Crippen molar-refractivity contribution in [2.45, 2.75) is 12.6 Å². The molecule has 0 aromatic carbocycles. The molecule has 2 heterocycles. The van der Waals surface area contributed by atoms with Crippen molar-refractivity contribution in [3.05, 3.63) is 29.7 Å². The van der Waals surface area contributed by atoms with E-state index in [1.165, 1.54) is 0 Å². The number of nitrogen functional groups attached to an aromatic ring is 1. The first-order chi connectivity index (χ1) is 9.34. The Bertz CT molecular complexity index is 592. The van der Waals surface area contributed by atoms with Gasteiger partial charge in [0.2, 0.25) is 5.95 Å². The second kappa shape index (κ2) is 5.35. The molecule has 0 fully saturated rings. The molecule has 0 atom stereocenters. The molecule has 2 rings (SSSR count). The van der Waals surface area contributed by atoms with Gasteiger partial charge < -0.3 is 11.1 Å². The number of anilines is 2. The lowest BCUT2D eigenvalue weighted by atomic mass is 10.2. The summed E-state index contributed by atoms with van der Waals surface area (Å²) in [6, 6.07) is 0.833. The van der Waals surface area contributed by atoms with Crippen LogP contribution < -0.4 is 11.1 Å². The molecule has 0 saturated heterocycles. The Balaban J connectivity index is 2.00. The van der Waals surface area contributed by atoms with Gasteiger partial charge in [0.25, 0.3) is 0 Å². The van der Waals surface area contributed by atoms with Crippen molar-refractivity contribution in [2.75, 3.05) is 17.6 Å². The van der Waals surface area contributed by atoms with Gasteiger partial charge in [-0.05, 0) is 12.0 Å². The van der Waals surface area contributed by atoms with Gasteiger partial charge in [0, 0.05) is 25.9 Å². The van der Waals surface area contributed by atoms with Crippen molar-refractivity contribution >= 4 is 11.8 Å². The monoisotopic (exact) mass is 286 g/mol. The topological polar surface area (TPSA) is 81.7 Å². The van der Waals surface area contributed by atoms with Crippen molar-refractivity contribution in [3.8, 4) is 0 Å². The maximum atomic E-state index is 12.6. The molecule has 9 heteroatoms. The van der Waals surface area contributed by atoms with Crippen LogP contribution in [0, 0.1) is 0 Å². The van der Waals surface area contributed by atoms with Gasteiger partial charge in [-0.25, -0.2) is 4.98 Å². The van der Waals surface area contributed by atoms with Crippen molar-refractivity contribution in [1.29, 1.82) is 0 Å². The number of aryl methyl sites for hydroxylation is 1. The minimum absolute atomic E-state index is 0.0497. The summed E-state index contributed by atoms with van der Waals surface area (Å²) in [7, 11) is 1.79. The number of nitrogens with zero attached hydrogens (tertiary/aromatic N) is 4. The van der Waals surface area contributed by atoms with Crippen LogP contribution in [-0.2, 0) is 19.6 Å². The Hall–Kier alpha value is -2.32. The summed E-state index contributed by atoms with van der Waals surface area (Å²) in [6.07, 6.45) is -0.412. The molecule has 0 radical (unpaired) electrons. The van der Waals surface area contributed by atoms with E-state index in [-0.39, 0.29) is 5.82 Å². The highest BCUT2D eigenvalue weighted by Gasteiger charge is 2.33. The van der Waals surface area contributed by atoms with Gasteiger partial charge in [0.05, 0.1) is 6.20 Å². The molecule has 0 unspecified atom stereocenters. The molecule has 108 valence electrons. The third kappa shape index (κ3) is 3.59. The predicted octanol–water partition coefficient (Wildman–Crippen LogP) is 1.47. The first-order valence-corrected chi connectivity index (χ1v) is 5.78. The molecule has 0 aliphatic carbocycles. The molecule has 3 N–H and O–H groups in total. The number of nitrogens with one attached hydrogen (secondary N) is 1. The predicted molar refractivity (Wildman–Crippen MR) is 66.8 cm³/mol. The lowest BCUT2D eigenvalue weighted by Crippen LogP contribution is -2.14. The first kappa shape index (κ1) is 14.1. The molecule has 2 aromatic rings. The maximum Gasteiger partial charge on any atom is 0.433 e. The van der Waals surface area contributed by atoms with Crippen molar-refractivity contribution in [2.24, 2.45) is 7.05 Å². The number of nitrogens with two attached hydrogens (primary N) is 1. The van der Waals surface area contributed by atoms with Crippen molar-refractivity contribution in [3.63, 3.8) is 0 Å². The number of aromatic nitrogens is 4. The fourth-order valence-electron chi connectivity index (χ4n) is 1.64. The molecule has 6 nitrogen and oxygen atoms in total. The number of alkyl halides is 3. The average molecular weight is 286 g/mol. The molecule has 0 saturated carbocycles. The van der Waals surface area contributed by atoms with Crippen LogP contribution in [0.2, 0.25) is 0 Å². The molecular formula is C11H13F3N6. The lowest BCUT2D eigenvalue weighted by molar-refractivity contribution is -0.141. The van der Waals surface area contributed by atoms with Gasteiger partial charge in [0.1, 0.15) is 5.82 Å². The van der Waals surface area contributed by atoms with Crippen molar-refractivity contribution < 1.29 is 13.2 Å². The van der Waals surface area contributed by atoms with Crippen LogP contribution in [0.1, 0.15) is 11.3 Å². The SMILES string of the molecule is Cn1cc(CCNc2cc(C(F)(F)F)nc(N)n2)cn1. The number of rotatable bonds is 4. The van der Waals surface area contributed by atoms with Gasteiger partial charge in [-0.15, -0.1) is 0 Å². The summed E-state index contributed by atoms with van der Waals surface area (Å²) in [6.45, 7) is 0.416. The summed E-state index contributed by atoms with van der Waals surface area (Å²) in [4.78, 5) is 6.88. The number of halogens is 3. The van der Waals surface area contributed by atoms with E-state index >= 15 is 0 Å². The highest BCUT2D eigenvalue weighted by Crippen LogP contribution is 2.29. The van der Waals surface area contributed by atoms with E-state index in [1.807, 2.05) is 6.20 Å². The zero-order valence-corrected chi connectivity index (χ0v) is 10.6. The summed E-state index contributed by atoms with van der Waals surface area (Å²) in [5.41, 5.74) is 5.18. The Labute approximate surface area is 112 Å². The quantitative estimate of drug-likeness (QED) is 0.889. The van der Waals surface area contributed by atoms with Crippen LogP contribution >= 0.6 is 0 Å². The minimum atomic E-state index is -4.54. The maximum absolute atomic E-state index is 12.6. The van der Waals surface area contributed by atoms with Crippen LogP contribution in [0.25, 0.3) is 0 Å². The molecule has 0 bridgehead atoms. The van der Waals surface area contributed by atoms with Crippen molar-refractivity contribution in [1.82, 2.24) is 19.7 Å². The van der Waals surface area contributed by atoms with E-state index in [1.54, 1.807) is 17.9 Å². The molecular weight excluding hydrogens is 273 g/mol. The summed E-state index contributed by atoms with van der Waals surface area (Å²) < 4.78 is 39.3. The lowest BCUT2D eigenvalue weighted by Gasteiger charge is -2.09. The number of hydrogen-bond acceptors (Lipinski definition) is 5. The Kier molecular flexibility index (Phi) is 3.77. The van der Waals surface area contributed by atoms with Gasteiger partial charge >= 0.3 is 6.18 Å². The largest absolute Gasteiger partial charge is 0.433 e. The van der Waals surface area contributed by atoms with E-state index in [4.69, 9.17) is 5.73 Å². The molecule has 0 amide bonds. The first-order valence-electron chi connectivity index (χ1n) is 5.78. The van der Waals surface area contributed by atoms with E-state index in [9.17, 15) is 13.2 Å². The van der Waals surface area contributed by atoms with Crippen LogP contribution in [0.4, 0.5) is 24.9 Å². The zero-order valence-electron chi connectivity index (χ0n) is 10.6. The highest BCUT2D eigenvalue weighted by molar-refractivity contribution is 5.41. The second-order valence-electron chi connectivity index (χ2n) is 4.19. The highest BCUT2D eigenvalue weighted by atomic mass is 19.4. The Morgan fingerprint density at radius 3 is 2.70 bits per heavy atom. The summed E-state index contributed by atoms with van der Waals surface area (Å²) >= 11 is 0. The van der Waals surface area contributed by atoms with Crippen LogP contribution in [0.15, 0.2) is 18.5 Å². The van der Waals surface area contributed by atoms with Crippen LogP contribution in [0.3, 0.4) is 0 Å². The summed E-state index contributed by atoms with van der Waals surface area (Å²) in [5, 5.41) is 6.78. The van der Waals surface area contributed by atoms with Gasteiger partial charge in [-0.2, -0.15) is 23.3 Å². The van der Waals surface area contributed by atoms with E-state index in [0.717, 1.165) is 11.6 Å². The van der Waals surface area contributed by atoms with Gasteiger partial charge in [-0.1, -0.05) is 0 Å². The smallest absolute Gasteiger partial charge is 0.370 e. The normalized spacial score (nSPS) is 11.6. The van der Waals surface area contributed by atoms with E-state index < -0.39 is 17.8 Å². The zero-order chi connectivity index (χ0) is 14.8. The molecule has 2 aromatic heterocycles. The summed E-state index contributed by atoms with van der Waals surface area (Å²) in [5.74, 6) is -0.364. The molecule has 0 aliphatic heterocycles. The second-order valence-corrected chi connectivity index (χ2v) is 4.19. The number of hydrogen-bond donors (Lipinski definition) is 2. The van der Waals surface area contributed by atoms with Gasteiger partial charge in [0.15, 0.2) is 5.69 Å². The fraction of sp³-hybridized carbons (Fsp3) is 0.364. The van der Waals surface area contributed by atoms with Crippen LogP contribution in [0.5, 0.6) is 0 Å². The third-order valence-electron chi connectivity index (χ3n) is 2.51. The minimum Gasteiger partial charge on any atom is -0.370 e. The fourth-order valence-corrected chi connectivity index (χ4v) is 1.64. The standard InChI is InChI=1S/C11H13F3N6/c1-20-6-7(5-17-20)2-3-16-9-4-8(11(12,13)14)18-10(15)19-9/h4-6H,2-3H2,1H3,(H3,15,16,18,19). The Morgan fingerprint density at radius 2 is 2.10 bits per heavy atom. The van der Waals surface area contributed by atoms with E-state index in [0.29, 0.717) is 13.0 Å². The van der Waals surface area contributed by atoms with E-state index in [2.05, 4.69) is 20.4 Å². The van der Waals surface area contributed by atoms with Gasteiger partial charge in [-0.3, -0.25) is 4.68 Å². The third-order valence-corrected chi connectivity index (χ3v) is 2.51.